The van der Waals surface area contributed by atoms with Crippen molar-refractivity contribution in [2.45, 2.75) is 37.8 Å². The molecule has 2 aromatic carbocycles. The number of anilines is 1. The third-order valence-corrected chi connectivity index (χ3v) is 6.19. The highest BCUT2D eigenvalue weighted by atomic mass is 16.5. The molecule has 0 spiro atoms. The number of methoxy groups -OCH3 is 1. The van der Waals surface area contributed by atoms with Crippen LogP contribution in [0.15, 0.2) is 48.5 Å². The summed E-state index contributed by atoms with van der Waals surface area (Å²) >= 11 is 0. The topological polar surface area (TPSA) is 79.9 Å². The van der Waals surface area contributed by atoms with Gasteiger partial charge in [0.05, 0.1) is 24.3 Å². The SMILES string of the molecule is COc1ccccc1C(=O)NC1CCN(c2ccccc2C(=O)NCC2CCCO2)CC1. The van der Waals surface area contributed by atoms with E-state index in [1.54, 1.807) is 19.2 Å². The van der Waals surface area contributed by atoms with Gasteiger partial charge in [-0.3, -0.25) is 9.59 Å². The molecule has 7 nitrogen and oxygen atoms in total. The lowest BCUT2D eigenvalue weighted by Gasteiger charge is -2.35. The fourth-order valence-corrected chi connectivity index (χ4v) is 4.41. The molecular weight excluding hydrogens is 406 g/mol. The Bertz CT molecular complexity index is 934. The second-order valence-corrected chi connectivity index (χ2v) is 8.30. The molecule has 0 bridgehead atoms. The monoisotopic (exact) mass is 437 g/mol. The summed E-state index contributed by atoms with van der Waals surface area (Å²) in [6.45, 7) is 2.86. The number of nitrogens with zero attached hydrogens (tertiary/aromatic N) is 1. The summed E-state index contributed by atoms with van der Waals surface area (Å²) in [5.41, 5.74) is 2.17. The number of rotatable bonds is 7. The van der Waals surface area contributed by atoms with Crippen molar-refractivity contribution in [3.8, 4) is 5.75 Å². The van der Waals surface area contributed by atoms with Crippen LogP contribution in [-0.2, 0) is 4.74 Å². The minimum atomic E-state index is -0.116. The average molecular weight is 438 g/mol. The zero-order valence-electron chi connectivity index (χ0n) is 18.5. The molecule has 2 N–H and O–H groups in total. The standard InChI is InChI=1S/C25H31N3O4/c1-31-23-11-5-3-9-21(23)25(30)27-18-12-14-28(15-13-18)22-10-4-2-8-20(22)24(29)26-17-19-7-6-16-32-19/h2-5,8-11,18-19H,6-7,12-17H2,1H3,(H,26,29)(H,27,30). The minimum absolute atomic E-state index is 0.0669. The molecule has 2 aromatic rings. The second-order valence-electron chi connectivity index (χ2n) is 8.30. The molecule has 32 heavy (non-hydrogen) atoms. The van der Waals surface area contributed by atoms with E-state index in [0.717, 1.165) is 51.1 Å². The number of carbonyl (C=O) groups excluding carboxylic acids is 2. The van der Waals surface area contributed by atoms with Crippen molar-refractivity contribution < 1.29 is 19.1 Å². The Morgan fingerprint density at radius 3 is 2.44 bits per heavy atom. The number of carbonyl (C=O) groups is 2. The van der Waals surface area contributed by atoms with Crippen LogP contribution in [-0.4, -0.2) is 57.3 Å². The Balaban J connectivity index is 1.34. The second kappa shape index (κ2) is 10.5. The first-order valence-corrected chi connectivity index (χ1v) is 11.3. The number of benzene rings is 2. The minimum Gasteiger partial charge on any atom is -0.496 e. The van der Waals surface area contributed by atoms with Gasteiger partial charge in [0.1, 0.15) is 5.75 Å². The summed E-state index contributed by atoms with van der Waals surface area (Å²) in [5, 5.41) is 6.16. The van der Waals surface area contributed by atoms with E-state index in [1.807, 2.05) is 36.4 Å². The summed E-state index contributed by atoms with van der Waals surface area (Å²) in [6.07, 6.45) is 3.79. The Kier molecular flexibility index (Phi) is 7.27. The van der Waals surface area contributed by atoms with E-state index < -0.39 is 0 Å². The molecule has 170 valence electrons. The van der Waals surface area contributed by atoms with Crippen molar-refractivity contribution >= 4 is 17.5 Å². The molecule has 0 saturated carbocycles. The summed E-state index contributed by atoms with van der Waals surface area (Å²) in [7, 11) is 1.57. The highest BCUT2D eigenvalue weighted by Gasteiger charge is 2.25. The van der Waals surface area contributed by atoms with Crippen LogP contribution < -0.4 is 20.3 Å². The highest BCUT2D eigenvalue weighted by Crippen LogP contribution is 2.25. The largest absolute Gasteiger partial charge is 0.496 e. The first-order chi connectivity index (χ1) is 15.7. The normalized spacial score (nSPS) is 18.9. The molecule has 2 aliphatic rings. The van der Waals surface area contributed by atoms with E-state index >= 15 is 0 Å². The van der Waals surface area contributed by atoms with Crippen LogP contribution in [0.25, 0.3) is 0 Å². The molecule has 2 fully saturated rings. The van der Waals surface area contributed by atoms with Crippen LogP contribution in [0.2, 0.25) is 0 Å². The van der Waals surface area contributed by atoms with Crippen LogP contribution in [0.1, 0.15) is 46.4 Å². The molecule has 1 unspecified atom stereocenters. The number of para-hydroxylation sites is 2. The van der Waals surface area contributed by atoms with Gasteiger partial charge < -0.3 is 25.0 Å². The Labute approximate surface area is 189 Å². The summed E-state index contributed by atoms with van der Waals surface area (Å²) in [6, 6.07) is 15.1. The summed E-state index contributed by atoms with van der Waals surface area (Å²) in [5.74, 6) is 0.392. The lowest BCUT2D eigenvalue weighted by molar-refractivity contribution is 0.0858. The van der Waals surface area contributed by atoms with Gasteiger partial charge >= 0.3 is 0 Å². The van der Waals surface area contributed by atoms with Crippen LogP contribution in [0, 0.1) is 0 Å². The van der Waals surface area contributed by atoms with Gasteiger partial charge in [-0.2, -0.15) is 0 Å². The average Bonchev–Trinajstić information content (AvgIpc) is 3.37. The van der Waals surface area contributed by atoms with Crippen molar-refractivity contribution in [3.05, 3.63) is 59.7 Å². The van der Waals surface area contributed by atoms with E-state index in [1.165, 1.54) is 0 Å². The highest BCUT2D eigenvalue weighted by molar-refractivity contribution is 6.00. The van der Waals surface area contributed by atoms with Crippen LogP contribution in [0.5, 0.6) is 5.75 Å². The molecule has 4 rings (SSSR count). The van der Waals surface area contributed by atoms with Crippen LogP contribution in [0.3, 0.4) is 0 Å². The Morgan fingerprint density at radius 2 is 1.72 bits per heavy atom. The lowest BCUT2D eigenvalue weighted by Crippen LogP contribution is -2.45. The van der Waals surface area contributed by atoms with Crippen molar-refractivity contribution in [1.29, 1.82) is 0 Å². The molecule has 0 aliphatic carbocycles. The fraction of sp³-hybridized carbons (Fsp3) is 0.440. The predicted molar refractivity (Wildman–Crippen MR) is 123 cm³/mol. The van der Waals surface area contributed by atoms with Gasteiger partial charge in [-0.1, -0.05) is 24.3 Å². The molecule has 2 amide bonds. The summed E-state index contributed by atoms with van der Waals surface area (Å²) < 4.78 is 10.9. The third kappa shape index (κ3) is 5.22. The molecule has 1 atom stereocenters. The maximum absolute atomic E-state index is 12.8. The van der Waals surface area contributed by atoms with Crippen molar-refractivity contribution in [2.75, 3.05) is 38.3 Å². The zero-order valence-corrected chi connectivity index (χ0v) is 18.5. The van der Waals surface area contributed by atoms with E-state index in [4.69, 9.17) is 9.47 Å². The smallest absolute Gasteiger partial charge is 0.255 e. The number of nitrogens with one attached hydrogen (secondary N) is 2. The first-order valence-electron chi connectivity index (χ1n) is 11.3. The molecule has 2 heterocycles. The number of hydrogen-bond acceptors (Lipinski definition) is 5. The molecule has 0 aromatic heterocycles. The summed E-state index contributed by atoms with van der Waals surface area (Å²) in [4.78, 5) is 27.8. The van der Waals surface area contributed by atoms with Crippen molar-refractivity contribution in [1.82, 2.24) is 10.6 Å². The van der Waals surface area contributed by atoms with Crippen molar-refractivity contribution in [2.24, 2.45) is 0 Å². The first kappa shape index (κ1) is 22.1. The predicted octanol–water partition coefficient (Wildman–Crippen LogP) is 3.00. The van der Waals surface area contributed by atoms with Gasteiger partial charge in [0, 0.05) is 38.0 Å². The fourth-order valence-electron chi connectivity index (χ4n) is 4.41. The number of piperidine rings is 1. The Morgan fingerprint density at radius 1 is 1.00 bits per heavy atom. The van der Waals surface area contributed by atoms with E-state index in [9.17, 15) is 9.59 Å². The Hall–Kier alpha value is -3.06. The lowest BCUT2D eigenvalue weighted by atomic mass is 10.0. The van der Waals surface area contributed by atoms with Gasteiger partial charge in [0.25, 0.3) is 11.8 Å². The van der Waals surface area contributed by atoms with Crippen molar-refractivity contribution in [3.63, 3.8) is 0 Å². The number of amides is 2. The van der Waals surface area contributed by atoms with E-state index in [0.29, 0.717) is 23.4 Å². The van der Waals surface area contributed by atoms with E-state index in [2.05, 4.69) is 15.5 Å². The van der Waals surface area contributed by atoms with Gasteiger partial charge in [-0.25, -0.2) is 0 Å². The number of ether oxygens (including phenoxy) is 2. The third-order valence-electron chi connectivity index (χ3n) is 6.19. The molecule has 7 heteroatoms. The molecule has 2 aliphatic heterocycles. The van der Waals surface area contributed by atoms with Gasteiger partial charge in [0.2, 0.25) is 0 Å². The maximum Gasteiger partial charge on any atom is 0.255 e. The molecule has 0 radical (unpaired) electrons. The zero-order chi connectivity index (χ0) is 22.3. The van der Waals surface area contributed by atoms with Gasteiger partial charge in [0.15, 0.2) is 0 Å². The van der Waals surface area contributed by atoms with Crippen LogP contribution >= 0.6 is 0 Å². The molecule has 2 saturated heterocycles. The quantitative estimate of drug-likeness (QED) is 0.696. The van der Waals surface area contributed by atoms with E-state index in [-0.39, 0.29) is 24.0 Å². The molecular formula is C25H31N3O4. The maximum atomic E-state index is 12.8. The van der Waals surface area contributed by atoms with Crippen LogP contribution in [0.4, 0.5) is 5.69 Å². The van der Waals surface area contributed by atoms with Gasteiger partial charge in [-0.15, -0.1) is 0 Å². The number of hydrogen-bond donors (Lipinski definition) is 2. The van der Waals surface area contributed by atoms with Gasteiger partial charge in [-0.05, 0) is 49.9 Å².